The molecule has 0 radical (unpaired) electrons. The molecule has 0 saturated heterocycles. The Hall–Kier alpha value is -3.85. The Labute approximate surface area is 190 Å². The molecule has 1 aromatic heterocycles. The van der Waals surface area contributed by atoms with Crippen LogP contribution in [0.1, 0.15) is 21.6 Å². The second-order valence-corrected chi connectivity index (χ2v) is 6.94. The van der Waals surface area contributed by atoms with E-state index in [9.17, 15) is 9.59 Å². The molecule has 0 fully saturated rings. The Balaban J connectivity index is 1.57. The fourth-order valence-corrected chi connectivity index (χ4v) is 3.17. The standard InChI is InChI=1S/C22H22ClN5O4/c1-14-17(21(23)28(27-14)16-7-5-4-6-8-16)12-25-26-20(29)13-24-22(30)15-9-10-18(31-2)19(11-15)32-3/h4-12H,13H2,1-3H3,(H,24,30)(H,26,29). The summed E-state index contributed by atoms with van der Waals surface area (Å²) >= 11 is 6.42. The second-order valence-electron chi connectivity index (χ2n) is 6.58. The van der Waals surface area contributed by atoms with Crippen molar-refractivity contribution in [3.8, 4) is 17.2 Å². The van der Waals surface area contributed by atoms with Gasteiger partial charge in [0.15, 0.2) is 11.5 Å². The van der Waals surface area contributed by atoms with Crippen molar-refractivity contribution < 1.29 is 19.1 Å². The lowest BCUT2D eigenvalue weighted by molar-refractivity contribution is -0.120. The Morgan fingerprint density at radius 3 is 2.53 bits per heavy atom. The van der Waals surface area contributed by atoms with Crippen LogP contribution in [0.25, 0.3) is 5.69 Å². The average molecular weight is 456 g/mol. The van der Waals surface area contributed by atoms with Gasteiger partial charge in [0.1, 0.15) is 5.15 Å². The number of carbonyl (C=O) groups excluding carboxylic acids is 2. The van der Waals surface area contributed by atoms with Gasteiger partial charge >= 0.3 is 0 Å². The molecule has 3 rings (SSSR count). The predicted molar refractivity (Wildman–Crippen MR) is 121 cm³/mol. The highest BCUT2D eigenvalue weighted by atomic mass is 35.5. The minimum absolute atomic E-state index is 0.263. The van der Waals surface area contributed by atoms with Crippen LogP contribution in [-0.2, 0) is 4.79 Å². The van der Waals surface area contributed by atoms with Gasteiger partial charge in [0.2, 0.25) is 0 Å². The minimum Gasteiger partial charge on any atom is -0.493 e. The molecular weight excluding hydrogens is 434 g/mol. The molecule has 2 aromatic carbocycles. The normalized spacial score (nSPS) is 10.8. The number of carbonyl (C=O) groups is 2. The van der Waals surface area contributed by atoms with Crippen LogP contribution in [0.3, 0.4) is 0 Å². The summed E-state index contributed by atoms with van der Waals surface area (Å²) in [5.41, 5.74) is 4.72. The quantitative estimate of drug-likeness (QED) is 0.401. The molecule has 10 heteroatoms. The highest BCUT2D eigenvalue weighted by Crippen LogP contribution is 2.27. The number of benzene rings is 2. The van der Waals surface area contributed by atoms with Gasteiger partial charge in [-0.15, -0.1) is 0 Å². The molecule has 0 bridgehead atoms. The number of para-hydroxylation sites is 1. The molecule has 32 heavy (non-hydrogen) atoms. The van der Waals surface area contributed by atoms with E-state index < -0.39 is 11.8 Å². The molecule has 0 aliphatic rings. The topological polar surface area (TPSA) is 107 Å². The number of ether oxygens (including phenoxy) is 2. The predicted octanol–water partition coefficient (Wildman–Crippen LogP) is 2.73. The zero-order chi connectivity index (χ0) is 23.1. The van der Waals surface area contributed by atoms with E-state index in [2.05, 4.69) is 20.9 Å². The molecular formula is C22H22ClN5O4. The summed E-state index contributed by atoms with van der Waals surface area (Å²) in [6, 6.07) is 14.1. The van der Waals surface area contributed by atoms with Gasteiger partial charge in [-0.25, -0.2) is 10.1 Å². The van der Waals surface area contributed by atoms with Crippen molar-refractivity contribution in [1.29, 1.82) is 0 Å². The molecule has 9 nitrogen and oxygen atoms in total. The highest BCUT2D eigenvalue weighted by molar-refractivity contribution is 6.32. The van der Waals surface area contributed by atoms with E-state index in [0.29, 0.717) is 33.5 Å². The van der Waals surface area contributed by atoms with Crippen molar-refractivity contribution in [3.05, 3.63) is 70.5 Å². The number of hydrogen-bond acceptors (Lipinski definition) is 6. The first kappa shape index (κ1) is 22.8. The van der Waals surface area contributed by atoms with E-state index in [-0.39, 0.29) is 6.54 Å². The number of aryl methyl sites for hydroxylation is 1. The zero-order valence-corrected chi connectivity index (χ0v) is 18.5. The maximum Gasteiger partial charge on any atom is 0.259 e. The number of nitrogens with zero attached hydrogens (tertiary/aromatic N) is 3. The number of hydrazone groups is 1. The molecule has 0 atom stereocenters. The Morgan fingerprint density at radius 1 is 1.12 bits per heavy atom. The van der Waals surface area contributed by atoms with Gasteiger partial charge in [-0.05, 0) is 37.3 Å². The smallest absolute Gasteiger partial charge is 0.259 e. The van der Waals surface area contributed by atoms with E-state index in [4.69, 9.17) is 21.1 Å². The number of hydrogen-bond donors (Lipinski definition) is 2. The summed E-state index contributed by atoms with van der Waals surface area (Å²) in [6.07, 6.45) is 1.41. The summed E-state index contributed by atoms with van der Waals surface area (Å²) in [5.74, 6) is -0.0226. The number of nitrogens with one attached hydrogen (secondary N) is 2. The summed E-state index contributed by atoms with van der Waals surface area (Å²) in [5, 5.41) is 11.2. The van der Waals surface area contributed by atoms with Crippen molar-refractivity contribution in [2.75, 3.05) is 20.8 Å². The monoisotopic (exact) mass is 455 g/mol. The first-order chi connectivity index (χ1) is 15.4. The lowest BCUT2D eigenvalue weighted by Crippen LogP contribution is -2.34. The molecule has 0 aliphatic heterocycles. The first-order valence-corrected chi connectivity index (χ1v) is 9.95. The molecule has 0 unspecified atom stereocenters. The van der Waals surface area contributed by atoms with Crippen LogP contribution in [0.4, 0.5) is 0 Å². The van der Waals surface area contributed by atoms with Crippen LogP contribution >= 0.6 is 11.6 Å². The maximum atomic E-state index is 12.3. The molecule has 0 aliphatic carbocycles. The van der Waals surface area contributed by atoms with Gasteiger partial charge in [0.25, 0.3) is 11.8 Å². The minimum atomic E-state index is -0.501. The van der Waals surface area contributed by atoms with Crippen LogP contribution in [0, 0.1) is 6.92 Å². The van der Waals surface area contributed by atoms with Crippen LogP contribution in [0.15, 0.2) is 53.6 Å². The third-order valence-electron chi connectivity index (χ3n) is 4.49. The highest BCUT2D eigenvalue weighted by Gasteiger charge is 2.14. The van der Waals surface area contributed by atoms with Crippen LogP contribution in [-0.4, -0.2) is 48.6 Å². The summed E-state index contributed by atoms with van der Waals surface area (Å²) in [4.78, 5) is 24.3. The van der Waals surface area contributed by atoms with E-state index in [1.165, 1.54) is 26.5 Å². The number of methoxy groups -OCH3 is 2. The van der Waals surface area contributed by atoms with Crippen molar-refractivity contribution in [2.45, 2.75) is 6.92 Å². The van der Waals surface area contributed by atoms with E-state index >= 15 is 0 Å². The van der Waals surface area contributed by atoms with Gasteiger partial charge < -0.3 is 14.8 Å². The third-order valence-corrected chi connectivity index (χ3v) is 4.85. The Kier molecular flexibility index (Phi) is 7.45. The van der Waals surface area contributed by atoms with Gasteiger partial charge in [-0.2, -0.15) is 10.2 Å². The Morgan fingerprint density at radius 2 is 1.84 bits per heavy atom. The molecule has 0 spiro atoms. The maximum absolute atomic E-state index is 12.3. The fraction of sp³-hybridized carbons (Fsp3) is 0.182. The SMILES string of the molecule is COc1ccc(C(=O)NCC(=O)NN=Cc2c(C)nn(-c3ccccc3)c2Cl)cc1OC. The number of amides is 2. The lowest BCUT2D eigenvalue weighted by atomic mass is 10.2. The number of aromatic nitrogens is 2. The fourth-order valence-electron chi connectivity index (χ4n) is 2.85. The molecule has 3 aromatic rings. The van der Waals surface area contributed by atoms with Gasteiger partial charge in [0, 0.05) is 5.56 Å². The van der Waals surface area contributed by atoms with Gasteiger partial charge in [-0.3, -0.25) is 9.59 Å². The lowest BCUT2D eigenvalue weighted by Gasteiger charge is -2.09. The molecule has 0 saturated carbocycles. The van der Waals surface area contributed by atoms with Crippen LogP contribution < -0.4 is 20.2 Å². The summed E-state index contributed by atoms with van der Waals surface area (Å²) in [6.45, 7) is 1.53. The molecule has 2 N–H and O–H groups in total. The van der Waals surface area contributed by atoms with E-state index in [1.807, 2.05) is 30.3 Å². The van der Waals surface area contributed by atoms with E-state index in [0.717, 1.165) is 5.69 Å². The van der Waals surface area contributed by atoms with Crippen LogP contribution in [0.5, 0.6) is 11.5 Å². The molecule has 2 amide bonds. The van der Waals surface area contributed by atoms with Gasteiger partial charge in [-0.1, -0.05) is 29.8 Å². The first-order valence-electron chi connectivity index (χ1n) is 9.57. The van der Waals surface area contributed by atoms with Crippen molar-refractivity contribution in [3.63, 3.8) is 0 Å². The third kappa shape index (κ3) is 5.25. The summed E-state index contributed by atoms with van der Waals surface area (Å²) < 4.78 is 11.9. The average Bonchev–Trinajstić information content (AvgIpc) is 3.11. The van der Waals surface area contributed by atoms with E-state index in [1.54, 1.807) is 23.7 Å². The Bertz CT molecular complexity index is 1140. The number of rotatable bonds is 8. The van der Waals surface area contributed by atoms with Crippen molar-refractivity contribution in [1.82, 2.24) is 20.5 Å². The molecule has 1 heterocycles. The largest absolute Gasteiger partial charge is 0.493 e. The number of halogens is 1. The zero-order valence-electron chi connectivity index (χ0n) is 17.8. The van der Waals surface area contributed by atoms with Crippen molar-refractivity contribution >= 4 is 29.6 Å². The second kappa shape index (κ2) is 10.5. The molecule has 166 valence electrons. The summed E-state index contributed by atoms with van der Waals surface area (Å²) in [7, 11) is 2.98. The van der Waals surface area contributed by atoms with Crippen molar-refractivity contribution in [2.24, 2.45) is 5.10 Å². The van der Waals surface area contributed by atoms with Crippen LogP contribution in [0.2, 0.25) is 5.15 Å². The van der Waals surface area contributed by atoms with Gasteiger partial charge in [0.05, 0.1) is 43.9 Å².